The van der Waals surface area contributed by atoms with Crippen LogP contribution in [0.2, 0.25) is 5.02 Å². The molecule has 1 aromatic rings. The molecule has 1 N–H and O–H groups in total. The quantitative estimate of drug-likeness (QED) is 0.861. The third-order valence-corrected chi connectivity index (χ3v) is 5.07. The van der Waals surface area contributed by atoms with Crippen molar-refractivity contribution in [3.05, 3.63) is 34.9 Å². The molecule has 1 aromatic carbocycles. The lowest BCUT2D eigenvalue weighted by Gasteiger charge is -2.19. The summed E-state index contributed by atoms with van der Waals surface area (Å²) >= 11 is 6.24. The Morgan fingerprint density at radius 1 is 1.29 bits per heavy atom. The molecule has 92 valence electrons. The highest BCUT2D eigenvalue weighted by Crippen LogP contribution is 2.59. The van der Waals surface area contributed by atoms with Gasteiger partial charge in [0.1, 0.15) is 0 Å². The lowest BCUT2D eigenvalue weighted by molar-refractivity contribution is 0.428. The second-order valence-electron chi connectivity index (χ2n) is 5.53. The molecule has 0 aromatic heterocycles. The maximum absolute atomic E-state index is 6.24. The van der Waals surface area contributed by atoms with E-state index in [-0.39, 0.29) is 0 Å². The van der Waals surface area contributed by atoms with Gasteiger partial charge >= 0.3 is 0 Å². The van der Waals surface area contributed by atoms with Crippen LogP contribution in [-0.2, 0) is 6.42 Å². The van der Waals surface area contributed by atoms with E-state index in [2.05, 4.69) is 24.5 Å². The minimum absolute atomic E-state index is 0.616. The lowest BCUT2D eigenvalue weighted by atomic mass is 9.97. The van der Waals surface area contributed by atoms with Crippen molar-refractivity contribution >= 4 is 11.6 Å². The highest BCUT2D eigenvalue weighted by Gasteiger charge is 2.55. The van der Waals surface area contributed by atoms with Gasteiger partial charge in [-0.05, 0) is 55.7 Å². The molecule has 0 aliphatic heterocycles. The molecular formula is C15H20ClN. The number of halogens is 1. The van der Waals surface area contributed by atoms with Crippen LogP contribution in [0.15, 0.2) is 24.3 Å². The molecule has 0 saturated heterocycles. The van der Waals surface area contributed by atoms with Gasteiger partial charge in [0.2, 0.25) is 0 Å². The molecule has 2 aliphatic rings. The van der Waals surface area contributed by atoms with Crippen molar-refractivity contribution < 1.29 is 0 Å². The van der Waals surface area contributed by atoms with Crippen LogP contribution in [-0.4, -0.2) is 13.1 Å². The van der Waals surface area contributed by atoms with E-state index in [0.29, 0.717) is 6.04 Å². The van der Waals surface area contributed by atoms with E-state index >= 15 is 0 Å². The summed E-state index contributed by atoms with van der Waals surface area (Å²) in [6.45, 7) is 0. The first kappa shape index (κ1) is 11.6. The number of likely N-dealkylation sites (N-methyl/N-ethyl adjacent to an activating group) is 1. The third kappa shape index (κ3) is 2.11. The summed E-state index contributed by atoms with van der Waals surface area (Å²) in [5, 5.41) is 4.42. The fourth-order valence-electron chi connectivity index (χ4n) is 3.81. The number of hydrogen-bond acceptors (Lipinski definition) is 1. The van der Waals surface area contributed by atoms with Crippen molar-refractivity contribution in [1.82, 2.24) is 5.32 Å². The van der Waals surface area contributed by atoms with E-state index < -0.39 is 0 Å². The number of rotatable bonds is 4. The van der Waals surface area contributed by atoms with Gasteiger partial charge in [0.05, 0.1) is 0 Å². The Morgan fingerprint density at radius 2 is 2.00 bits per heavy atom. The van der Waals surface area contributed by atoms with Crippen LogP contribution in [0, 0.1) is 17.8 Å². The van der Waals surface area contributed by atoms with Crippen LogP contribution in [0.4, 0.5) is 0 Å². The van der Waals surface area contributed by atoms with E-state index in [1.165, 1.54) is 24.8 Å². The van der Waals surface area contributed by atoms with Crippen LogP contribution in [0.3, 0.4) is 0 Å². The molecule has 3 rings (SSSR count). The zero-order chi connectivity index (χ0) is 11.8. The average molecular weight is 250 g/mol. The summed E-state index contributed by atoms with van der Waals surface area (Å²) in [6, 6.07) is 8.86. The first-order valence-electron chi connectivity index (χ1n) is 6.72. The molecule has 0 heterocycles. The van der Waals surface area contributed by atoms with Crippen LogP contribution in [0.1, 0.15) is 24.8 Å². The minimum atomic E-state index is 0.616. The summed E-state index contributed by atoms with van der Waals surface area (Å²) in [4.78, 5) is 0. The summed E-state index contributed by atoms with van der Waals surface area (Å²) in [6.07, 6.45) is 5.44. The SMILES string of the molecule is CNC(Cc1ccccc1Cl)C1C2CCCC21. The van der Waals surface area contributed by atoms with E-state index in [1.807, 2.05) is 12.1 Å². The summed E-state index contributed by atoms with van der Waals surface area (Å²) < 4.78 is 0. The number of hydrogen-bond donors (Lipinski definition) is 1. The maximum atomic E-state index is 6.24. The third-order valence-electron chi connectivity index (χ3n) is 4.71. The Kier molecular flexibility index (Phi) is 3.14. The monoisotopic (exact) mass is 249 g/mol. The normalized spacial score (nSPS) is 32.2. The van der Waals surface area contributed by atoms with E-state index in [0.717, 1.165) is 29.2 Å². The molecule has 2 heteroatoms. The Balaban J connectivity index is 1.69. The van der Waals surface area contributed by atoms with Gasteiger partial charge in [-0.15, -0.1) is 0 Å². The fourth-order valence-corrected chi connectivity index (χ4v) is 4.02. The maximum Gasteiger partial charge on any atom is 0.0438 e. The average Bonchev–Trinajstić information content (AvgIpc) is 2.82. The standard InChI is InChI=1S/C15H20ClN/c1-17-14(15-11-6-4-7-12(11)15)9-10-5-2-3-8-13(10)16/h2-3,5,8,11-12,14-15,17H,4,6-7,9H2,1H3. The molecule has 17 heavy (non-hydrogen) atoms. The van der Waals surface area contributed by atoms with E-state index in [9.17, 15) is 0 Å². The number of nitrogens with one attached hydrogen (secondary N) is 1. The molecule has 2 aliphatic carbocycles. The molecular weight excluding hydrogens is 230 g/mol. The van der Waals surface area contributed by atoms with Gasteiger partial charge in [-0.2, -0.15) is 0 Å². The van der Waals surface area contributed by atoms with Gasteiger partial charge in [0.25, 0.3) is 0 Å². The van der Waals surface area contributed by atoms with Gasteiger partial charge in [0.15, 0.2) is 0 Å². The van der Waals surface area contributed by atoms with Crippen LogP contribution in [0.25, 0.3) is 0 Å². The second kappa shape index (κ2) is 4.62. The predicted molar refractivity (Wildman–Crippen MR) is 72.3 cm³/mol. The molecule has 2 fully saturated rings. The zero-order valence-corrected chi connectivity index (χ0v) is 11.1. The lowest BCUT2D eigenvalue weighted by Crippen LogP contribution is -2.31. The molecule has 1 nitrogen and oxygen atoms in total. The largest absolute Gasteiger partial charge is 0.316 e. The van der Waals surface area contributed by atoms with Crippen molar-refractivity contribution in [2.45, 2.75) is 31.7 Å². The Hall–Kier alpha value is -0.530. The van der Waals surface area contributed by atoms with Gasteiger partial charge in [-0.25, -0.2) is 0 Å². The Labute approximate surface area is 109 Å². The zero-order valence-electron chi connectivity index (χ0n) is 10.3. The van der Waals surface area contributed by atoms with Crippen molar-refractivity contribution in [3.8, 4) is 0 Å². The van der Waals surface area contributed by atoms with Gasteiger partial charge in [-0.3, -0.25) is 0 Å². The number of benzene rings is 1. The fraction of sp³-hybridized carbons (Fsp3) is 0.600. The van der Waals surface area contributed by atoms with Crippen molar-refractivity contribution in [2.75, 3.05) is 7.05 Å². The van der Waals surface area contributed by atoms with Crippen LogP contribution < -0.4 is 5.32 Å². The van der Waals surface area contributed by atoms with Crippen molar-refractivity contribution in [2.24, 2.45) is 17.8 Å². The summed E-state index contributed by atoms with van der Waals surface area (Å²) in [5.74, 6) is 2.93. The van der Waals surface area contributed by atoms with E-state index in [4.69, 9.17) is 11.6 Å². The summed E-state index contributed by atoms with van der Waals surface area (Å²) in [5.41, 5.74) is 1.29. The molecule has 3 atom stereocenters. The van der Waals surface area contributed by atoms with Gasteiger partial charge in [-0.1, -0.05) is 36.2 Å². The van der Waals surface area contributed by atoms with Crippen molar-refractivity contribution in [1.29, 1.82) is 0 Å². The highest BCUT2D eigenvalue weighted by atomic mass is 35.5. The summed E-state index contributed by atoms with van der Waals surface area (Å²) in [7, 11) is 2.09. The molecule has 0 bridgehead atoms. The van der Waals surface area contributed by atoms with Crippen molar-refractivity contribution in [3.63, 3.8) is 0 Å². The minimum Gasteiger partial charge on any atom is -0.316 e. The van der Waals surface area contributed by atoms with Gasteiger partial charge < -0.3 is 5.32 Å². The molecule has 3 unspecified atom stereocenters. The topological polar surface area (TPSA) is 12.0 Å². The molecule has 0 spiro atoms. The molecule has 0 amide bonds. The number of fused-ring (bicyclic) bond motifs is 1. The van der Waals surface area contributed by atoms with Crippen LogP contribution in [0.5, 0.6) is 0 Å². The Bertz CT molecular complexity index is 394. The van der Waals surface area contributed by atoms with Gasteiger partial charge in [0, 0.05) is 11.1 Å². The van der Waals surface area contributed by atoms with E-state index in [1.54, 1.807) is 0 Å². The molecule has 0 radical (unpaired) electrons. The molecule has 2 saturated carbocycles. The predicted octanol–water partition coefficient (Wildman–Crippen LogP) is 3.52. The first-order valence-corrected chi connectivity index (χ1v) is 7.09. The highest BCUT2D eigenvalue weighted by molar-refractivity contribution is 6.31. The van der Waals surface area contributed by atoms with Crippen LogP contribution >= 0.6 is 11.6 Å². The smallest absolute Gasteiger partial charge is 0.0438 e. The second-order valence-corrected chi connectivity index (χ2v) is 5.93. The Morgan fingerprint density at radius 3 is 2.65 bits per heavy atom. The first-order chi connectivity index (χ1) is 8.31.